The summed E-state index contributed by atoms with van der Waals surface area (Å²) in [7, 11) is 0. The smallest absolute Gasteiger partial charge is 0.407 e. The molecule has 3 aromatic rings. The SMILES string of the molecule is CC1(C)O[C@@H]2[C@H](O1)[C@@H](CNC(=O)C[C@@H]1O[C@H](CNC(=O)CC[C@H](NC(=O)OCC3c4ccccc4-c4ccccc43)C(=O)OCc3ccccc3)[C@H]3OC(C)(C)O[C@H]31)O[C@H]2CC(N)=O. The van der Waals surface area contributed by atoms with Gasteiger partial charge in [0.05, 0.1) is 25.0 Å². The number of ether oxygens (including phenoxy) is 8. The highest BCUT2D eigenvalue weighted by molar-refractivity contribution is 5.83. The molecule has 4 amide bonds. The minimum absolute atomic E-state index is 0.0217. The van der Waals surface area contributed by atoms with Crippen molar-refractivity contribution in [3.05, 3.63) is 95.6 Å². The minimum Gasteiger partial charge on any atom is -0.459 e. The van der Waals surface area contributed by atoms with Crippen LogP contribution < -0.4 is 21.7 Å². The van der Waals surface area contributed by atoms with Crippen molar-refractivity contribution in [3.8, 4) is 11.1 Å². The monoisotopic (exact) mass is 884 g/mol. The highest BCUT2D eigenvalue weighted by Crippen LogP contribution is 2.45. The fraction of sp³-hybridized carbons (Fsp3) is 0.511. The highest BCUT2D eigenvalue weighted by atomic mass is 16.8. The highest BCUT2D eigenvalue weighted by Gasteiger charge is 2.57. The summed E-state index contributed by atoms with van der Waals surface area (Å²) >= 11 is 0. The maximum Gasteiger partial charge on any atom is 0.407 e. The first-order valence-corrected chi connectivity index (χ1v) is 21.8. The Balaban J connectivity index is 0.844. The summed E-state index contributed by atoms with van der Waals surface area (Å²) in [5, 5.41) is 8.39. The van der Waals surface area contributed by atoms with Gasteiger partial charge in [-0.05, 0) is 61.9 Å². The number of rotatable bonds is 17. The quantitative estimate of drug-likeness (QED) is 0.143. The number of primary amides is 1. The van der Waals surface area contributed by atoms with Crippen molar-refractivity contribution in [2.45, 2.75) is 132 Å². The third kappa shape index (κ3) is 10.4. The van der Waals surface area contributed by atoms with Crippen molar-refractivity contribution in [3.63, 3.8) is 0 Å². The van der Waals surface area contributed by atoms with Crippen molar-refractivity contribution in [1.29, 1.82) is 0 Å². The van der Waals surface area contributed by atoms with Crippen LogP contribution in [0.1, 0.15) is 76.0 Å². The number of hydrogen-bond acceptors (Lipinski definition) is 13. The molecule has 5 aliphatic rings. The molecule has 0 unspecified atom stereocenters. The second-order valence-electron chi connectivity index (χ2n) is 17.7. The molecule has 4 aliphatic heterocycles. The van der Waals surface area contributed by atoms with Gasteiger partial charge in [-0.15, -0.1) is 0 Å². The lowest BCUT2D eigenvalue weighted by Gasteiger charge is -2.25. The van der Waals surface area contributed by atoms with Gasteiger partial charge in [-0.1, -0.05) is 78.9 Å². The van der Waals surface area contributed by atoms with Crippen LogP contribution >= 0.6 is 0 Å². The lowest BCUT2D eigenvalue weighted by Crippen LogP contribution is -2.44. The van der Waals surface area contributed by atoms with Crippen molar-refractivity contribution in [2.24, 2.45) is 5.73 Å². The van der Waals surface area contributed by atoms with Gasteiger partial charge in [-0.25, -0.2) is 9.59 Å². The number of alkyl carbamates (subject to hydrolysis) is 1. The maximum atomic E-state index is 13.4. The first-order valence-electron chi connectivity index (χ1n) is 21.8. The number of amides is 4. The van der Waals surface area contributed by atoms with Crippen LogP contribution in [0.15, 0.2) is 78.9 Å². The number of nitrogens with one attached hydrogen (secondary N) is 3. The molecular formula is C47H56N4O13. The number of nitrogens with two attached hydrogens (primary N) is 1. The van der Waals surface area contributed by atoms with Gasteiger partial charge in [-0.3, -0.25) is 14.4 Å². The number of benzene rings is 3. The molecule has 3 aromatic carbocycles. The summed E-state index contributed by atoms with van der Waals surface area (Å²) in [6.07, 6.45) is -5.95. The number of hydrogen-bond donors (Lipinski definition) is 4. The molecule has 0 aromatic heterocycles. The largest absolute Gasteiger partial charge is 0.459 e. The van der Waals surface area contributed by atoms with Gasteiger partial charge in [0.25, 0.3) is 0 Å². The Morgan fingerprint density at radius 2 is 1.14 bits per heavy atom. The van der Waals surface area contributed by atoms with Crippen molar-refractivity contribution in [1.82, 2.24) is 16.0 Å². The molecule has 17 heteroatoms. The molecule has 0 saturated carbocycles. The Morgan fingerprint density at radius 1 is 0.641 bits per heavy atom. The van der Waals surface area contributed by atoms with Crippen LogP contribution in [0.4, 0.5) is 4.79 Å². The Bertz CT molecular complexity index is 2160. The van der Waals surface area contributed by atoms with Gasteiger partial charge in [0, 0.05) is 25.4 Å². The van der Waals surface area contributed by atoms with Crippen LogP contribution in [0.5, 0.6) is 0 Å². The lowest BCUT2D eigenvalue weighted by molar-refractivity contribution is -0.189. The summed E-state index contributed by atoms with van der Waals surface area (Å²) < 4.78 is 48.0. The van der Waals surface area contributed by atoms with Crippen LogP contribution in [-0.2, 0) is 63.7 Å². The molecule has 17 nitrogen and oxygen atoms in total. The third-order valence-corrected chi connectivity index (χ3v) is 12.1. The van der Waals surface area contributed by atoms with Crippen LogP contribution in [0, 0.1) is 0 Å². The molecule has 0 spiro atoms. The summed E-state index contributed by atoms with van der Waals surface area (Å²) in [6.45, 7) is 7.20. The van der Waals surface area contributed by atoms with Crippen molar-refractivity contribution in [2.75, 3.05) is 19.7 Å². The molecular weight excluding hydrogens is 829 g/mol. The zero-order valence-electron chi connectivity index (χ0n) is 36.3. The number of carbonyl (C=O) groups is 5. The maximum absolute atomic E-state index is 13.4. The van der Waals surface area contributed by atoms with E-state index in [1.54, 1.807) is 27.7 Å². The normalized spacial score (nSPS) is 27.4. The van der Waals surface area contributed by atoms with E-state index in [0.717, 1.165) is 27.8 Å². The molecule has 9 atom stereocenters. The van der Waals surface area contributed by atoms with Crippen molar-refractivity contribution >= 4 is 29.8 Å². The van der Waals surface area contributed by atoms with Gasteiger partial charge in [-0.2, -0.15) is 0 Å². The van der Waals surface area contributed by atoms with E-state index in [1.165, 1.54) is 0 Å². The van der Waals surface area contributed by atoms with E-state index < -0.39 is 90.3 Å². The van der Waals surface area contributed by atoms with E-state index in [4.69, 9.17) is 43.6 Å². The summed E-state index contributed by atoms with van der Waals surface area (Å²) in [4.78, 5) is 65.1. The minimum atomic E-state index is -1.19. The lowest BCUT2D eigenvalue weighted by atomic mass is 9.98. The fourth-order valence-electron chi connectivity index (χ4n) is 9.31. The summed E-state index contributed by atoms with van der Waals surface area (Å²) in [5.74, 6) is -4.05. The average Bonchev–Trinajstić information content (AvgIpc) is 4.03. The van der Waals surface area contributed by atoms with E-state index in [0.29, 0.717) is 0 Å². The van der Waals surface area contributed by atoms with Crippen LogP contribution in [0.25, 0.3) is 11.1 Å². The van der Waals surface area contributed by atoms with E-state index in [9.17, 15) is 24.0 Å². The Kier molecular flexibility index (Phi) is 13.4. The molecule has 4 fully saturated rings. The Labute approximate surface area is 371 Å². The van der Waals surface area contributed by atoms with E-state index in [-0.39, 0.29) is 63.8 Å². The number of fused-ring (bicyclic) bond motifs is 5. The molecule has 4 heterocycles. The van der Waals surface area contributed by atoms with Gasteiger partial charge < -0.3 is 59.6 Å². The molecule has 1 aliphatic carbocycles. The second kappa shape index (κ2) is 19.0. The Hall–Kier alpha value is -5.43. The van der Waals surface area contributed by atoms with Gasteiger partial charge in [0.1, 0.15) is 55.9 Å². The van der Waals surface area contributed by atoms with E-state index >= 15 is 0 Å². The van der Waals surface area contributed by atoms with Crippen LogP contribution in [-0.4, -0.2) is 116 Å². The number of esters is 1. The van der Waals surface area contributed by atoms with E-state index in [1.807, 2.05) is 78.9 Å². The predicted octanol–water partition coefficient (Wildman–Crippen LogP) is 3.49. The second-order valence-corrected chi connectivity index (χ2v) is 17.7. The first-order chi connectivity index (χ1) is 30.6. The molecule has 64 heavy (non-hydrogen) atoms. The Morgan fingerprint density at radius 3 is 1.70 bits per heavy atom. The van der Waals surface area contributed by atoms with E-state index in [2.05, 4.69) is 16.0 Å². The summed E-state index contributed by atoms with van der Waals surface area (Å²) in [6, 6.07) is 23.9. The van der Waals surface area contributed by atoms with Crippen LogP contribution in [0.2, 0.25) is 0 Å². The molecule has 0 bridgehead atoms. The average molecular weight is 885 g/mol. The number of carbonyl (C=O) groups excluding carboxylic acids is 5. The third-order valence-electron chi connectivity index (χ3n) is 12.1. The molecule has 5 N–H and O–H groups in total. The predicted molar refractivity (Wildman–Crippen MR) is 227 cm³/mol. The molecule has 4 saturated heterocycles. The van der Waals surface area contributed by atoms with Gasteiger partial charge in [0.15, 0.2) is 11.6 Å². The molecule has 8 rings (SSSR count). The van der Waals surface area contributed by atoms with Crippen LogP contribution in [0.3, 0.4) is 0 Å². The first kappa shape index (κ1) is 45.1. The fourth-order valence-corrected chi connectivity index (χ4v) is 9.31. The van der Waals surface area contributed by atoms with Crippen molar-refractivity contribution < 1.29 is 61.9 Å². The topological polar surface area (TPSA) is 221 Å². The van der Waals surface area contributed by atoms with Gasteiger partial charge >= 0.3 is 12.1 Å². The zero-order valence-corrected chi connectivity index (χ0v) is 36.3. The molecule has 342 valence electrons. The van der Waals surface area contributed by atoms with Gasteiger partial charge in [0.2, 0.25) is 17.7 Å². The zero-order chi connectivity index (χ0) is 45.2. The standard InChI is InChI=1S/C47H56N4O13/c1-46(2)61-40-33(20-37(48)52)59-36(42(40)63-46)23-50-39(54)21-34-41-43(64-47(3,4)62-41)35(60-34)22-49-38(53)19-18-32(44(55)57-24-26-12-6-5-7-13-26)51-45(56)58-25-31-29-16-10-8-14-27(29)28-15-9-11-17-30(28)31/h5-17,31-36,40-43H,18-25H2,1-4H3,(H2,48,52)(H,49,53)(H,50,54)(H,51,56)/t32-,33-,34-,35+,36+,40-,41-,42+,43+/m0/s1. The molecule has 0 radical (unpaired) electrons. The summed E-state index contributed by atoms with van der Waals surface area (Å²) in [5.41, 5.74) is 10.4.